The second-order valence-electron chi connectivity index (χ2n) is 4.10. The van der Waals surface area contributed by atoms with Crippen LogP contribution >= 0.6 is 23.7 Å². The lowest BCUT2D eigenvalue weighted by Gasteiger charge is -1.99. The summed E-state index contributed by atoms with van der Waals surface area (Å²) >= 11 is 1.62. The molecule has 1 heterocycles. The number of nitrogens with zero attached hydrogens (tertiary/aromatic N) is 2. The van der Waals surface area contributed by atoms with Crippen molar-refractivity contribution in [2.45, 2.75) is 25.7 Å². The third-order valence-corrected chi connectivity index (χ3v) is 3.64. The zero-order valence-electron chi connectivity index (χ0n) is 10.5. The van der Waals surface area contributed by atoms with Gasteiger partial charge >= 0.3 is 0 Å². The van der Waals surface area contributed by atoms with Crippen molar-refractivity contribution in [2.24, 2.45) is 5.16 Å². The highest BCUT2D eigenvalue weighted by Gasteiger charge is 2.00. The Balaban J connectivity index is 0.00000180. The molecule has 0 aliphatic rings. The van der Waals surface area contributed by atoms with E-state index in [2.05, 4.69) is 34.4 Å². The van der Waals surface area contributed by atoms with Gasteiger partial charge in [-0.3, -0.25) is 0 Å². The van der Waals surface area contributed by atoms with E-state index in [9.17, 15) is 0 Å². The third-order valence-electron chi connectivity index (χ3n) is 2.71. The lowest BCUT2D eigenvalue weighted by atomic mass is 10.1. The van der Waals surface area contributed by atoms with Crippen LogP contribution in [-0.2, 0) is 12.8 Å². The minimum Gasteiger partial charge on any atom is -0.411 e. The molecular weight excluding hydrogens is 280 g/mol. The van der Waals surface area contributed by atoms with Crippen molar-refractivity contribution in [3.05, 3.63) is 52.0 Å². The predicted octanol–water partition coefficient (Wildman–Crippen LogP) is 3.94. The molecule has 1 N–H and O–H groups in total. The molecule has 3 nitrogen and oxygen atoms in total. The van der Waals surface area contributed by atoms with Crippen molar-refractivity contribution in [3.63, 3.8) is 0 Å². The molecule has 0 bridgehead atoms. The summed E-state index contributed by atoms with van der Waals surface area (Å²) < 4.78 is 0. The highest BCUT2D eigenvalue weighted by atomic mass is 35.5. The quantitative estimate of drug-likeness (QED) is 0.380. The standard InChI is InChI=1S/C14H16N2OS.ClH/c17-15-10-13-11-18-14(16-13)9-5-4-8-12-6-2-1-3-7-12;/h1-3,6-7,10-11,17H,4-5,8-9H2;1H/b15-10-;. The van der Waals surface area contributed by atoms with Crippen molar-refractivity contribution >= 4 is 30.0 Å². The van der Waals surface area contributed by atoms with Crippen molar-refractivity contribution in [1.82, 2.24) is 4.98 Å². The molecule has 0 atom stereocenters. The Morgan fingerprint density at radius 1 is 1.16 bits per heavy atom. The van der Waals surface area contributed by atoms with Gasteiger partial charge in [-0.05, 0) is 31.2 Å². The van der Waals surface area contributed by atoms with Crippen molar-refractivity contribution < 1.29 is 5.21 Å². The van der Waals surface area contributed by atoms with Crippen LogP contribution < -0.4 is 0 Å². The Hall–Kier alpha value is -1.39. The average Bonchev–Trinajstić information content (AvgIpc) is 2.84. The number of hydrogen-bond acceptors (Lipinski definition) is 4. The van der Waals surface area contributed by atoms with E-state index >= 15 is 0 Å². The summed E-state index contributed by atoms with van der Waals surface area (Å²) in [5.41, 5.74) is 2.13. The number of oxime groups is 1. The molecule has 1 aromatic heterocycles. The zero-order chi connectivity index (χ0) is 12.6. The first-order valence-corrected chi connectivity index (χ1v) is 6.92. The lowest BCUT2D eigenvalue weighted by molar-refractivity contribution is 0.321. The van der Waals surface area contributed by atoms with E-state index in [0.717, 1.165) is 30.0 Å². The smallest absolute Gasteiger partial charge is 0.0958 e. The fourth-order valence-corrected chi connectivity index (χ4v) is 2.60. The van der Waals surface area contributed by atoms with Gasteiger partial charge in [0, 0.05) is 5.38 Å². The van der Waals surface area contributed by atoms with E-state index in [1.807, 2.05) is 11.4 Å². The van der Waals surface area contributed by atoms with Crippen LogP contribution in [0, 0.1) is 0 Å². The lowest BCUT2D eigenvalue weighted by Crippen LogP contribution is -1.89. The minimum atomic E-state index is 0. The zero-order valence-corrected chi connectivity index (χ0v) is 12.2. The molecular formula is C14H17ClN2OS. The SMILES string of the molecule is Cl.O/N=C\c1csc(CCCCc2ccccc2)n1. The molecule has 102 valence electrons. The van der Waals surface area contributed by atoms with Gasteiger partial charge in [-0.1, -0.05) is 35.5 Å². The van der Waals surface area contributed by atoms with E-state index in [1.165, 1.54) is 18.2 Å². The molecule has 0 fully saturated rings. The number of unbranched alkanes of at least 4 members (excludes halogenated alkanes) is 1. The first kappa shape index (κ1) is 15.7. The Labute approximate surface area is 123 Å². The summed E-state index contributed by atoms with van der Waals surface area (Å²) in [7, 11) is 0. The number of benzene rings is 1. The summed E-state index contributed by atoms with van der Waals surface area (Å²) in [6.07, 6.45) is 5.79. The summed E-state index contributed by atoms with van der Waals surface area (Å²) in [5, 5.41) is 14.4. The Morgan fingerprint density at radius 3 is 2.63 bits per heavy atom. The van der Waals surface area contributed by atoms with Gasteiger partial charge in [0.05, 0.1) is 16.9 Å². The van der Waals surface area contributed by atoms with Crippen molar-refractivity contribution in [3.8, 4) is 0 Å². The number of aromatic nitrogens is 1. The number of aryl methyl sites for hydroxylation is 2. The van der Waals surface area contributed by atoms with Gasteiger partial charge in [0.25, 0.3) is 0 Å². The molecule has 0 aliphatic heterocycles. The van der Waals surface area contributed by atoms with E-state index in [0.29, 0.717) is 0 Å². The molecule has 1 aromatic carbocycles. The van der Waals surface area contributed by atoms with Gasteiger partial charge in [0.2, 0.25) is 0 Å². The van der Waals surface area contributed by atoms with Gasteiger partial charge in [0.15, 0.2) is 0 Å². The molecule has 19 heavy (non-hydrogen) atoms. The summed E-state index contributed by atoms with van der Waals surface area (Å²) in [6, 6.07) is 10.5. The number of halogens is 1. The first-order chi connectivity index (χ1) is 8.88. The average molecular weight is 297 g/mol. The van der Waals surface area contributed by atoms with Crippen LogP contribution in [-0.4, -0.2) is 16.4 Å². The van der Waals surface area contributed by atoms with Crippen LogP contribution in [0.25, 0.3) is 0 Å². The Morgan fingerprint density at radius 2 is 1.89 bits per heavy atom. The van der Waals surface area contributed by atoms with E-state index in [-0.39, 0.29) is 12.4 Å². The van der Waals surface area contributed by atoms with Crippen molar-refractivity contribution in [2.75, 3.05) is 0 Å². The topological polar surface area (TPSA) is 45.5 Å². The minimum absolute atomic E-state index is 0. The van der Waals surface area contributed by atoms with Crippen LogP contribution in [0.5, 0.6) is 0 Å². The summed E-state index contributed by atoms with van der Waals surface area (Å²) in [5.74, 6) is 0. The van der Waals surface area contributed by atoms with Gasteiger partial charge < -0.3 is 5.21 Å². The van der Waals surface area contributed by atoms with Crippen molar-refractivity contribution in [1.29, 1.82) is 0 Å². The summed E-state index contributed by atoms with van der Waals surface area (Å²) in [4.78, 5) is 4.35. The third kappa shape index (κ3) is 5.41. The predicted molar refractivity (Wildman–Crippen MR) is 81.8 cm³/mol. The fourth-order valence-electron chi connectivity index (χ4n) is 1.81. The Bertz CT molecular complexity index is 499. The van der Waals surface area contributed by atoms with Crippen LogP contribution in [0.3, 0.4) is 0 Å². The number of hydrogen-bond donors (Lipinski definition) is 1. The van der Waals surface area contributed by atoms with E-state index in [4.69, 9.17) is 5.21 Å². The molecule has 0 saturated carbocycles. The largest absolute Gasteiger partial charge is 0.411 e. The molecule has 5 heteroatoms. The fraction of sp³-hybridized carbons (Fsp3) is 0.286. The maximum Gasteiger partial charge on any atom is 0.0958 e. The first-order valence-electron chi connectivity index (χ1n) is 6.04. The highest BCUT2D eigenvalue weighted by molar-refractivity contribution is 7.09. The van der Waals surface area contributed by atoms with Crippen LogP contribution in [0.1, 0.15) is 29.1 Å². The van der Waals surface area contributed by atoms with Crippen LogP contribution in [0.2, 0.25) is 0 Å². The highest BCUT2D eigenvalue weighted by Crippen LogP contribution is 2.13. The van der Waals surface area contributed by atoms with E-state index in [1.54, 1.807) is 11.3 Å². The molecule has 0 amide bonds. The molecule has 2 aromatic rings. The molecule has 0 saturated heterocycles. The van der Waals surface area contributed by atoms with Gasteiger partial charge in [-0.15, -0.1) is 23.7 Å². The van der Waals surface area contributed by atoms with Crippen LogP contribution in [0.15, 0.2) is 40.9 Å². The van der Waals surface area contributed by atoms with Gasteiger partial charge in [-0.25, -0.2) is 4.98 Å². The molecule has 0 radical (unpaired) electrons. The summed E-state index contributed by atoms with van der Waals surface area (Å²) in [6.45, 7) is 0. The molecule has 2 rings (SSSR count). The number of thiazole rings is 1. The second kappa shape index (κ2) is 8.67. The normalized spacial score (nSPS) is 10.5. The molecule has 0 aliphatic carbocycles. The molecule has 0 spiro atoms. The monoisotopic (exact) mass is 296 g/mol. The maximum absolute atomic E-state index is 8.40. The van der Waals surface area contributed by atoms with Crippen LogP contribution in [0.4, 0.5) is 0 Å². The second-order valence-corrected chi connectivity index (χ2v) is 5.05. The van der Waals surface area contributed by atoms with Gasteiger partial charge in [-0.2, -0.15) is 0 Å². The molecule has 0 unspecified atom stereocenters. The van der Waals surface area contributed by atoms with Gasteiger partial charge in [0.1, 0.15) is 0 Å². The number of rotatable bonds is 6. The van der Waals surface area contributed by atoms with E-state index < -0.39 is 0 Å². The Kier molecular flexibility index (Phi) is 7.15. The maximum atomic E-state index is 8.40.